The molecule has 5 heteroatoms. The predicted molar refractivity (Wildman–Crippen MR) is 90.4 cm³/mol. The quantitative estimate of drug-likeness (QED) is 0.626. The van der Waals surface area contributed by atoms with Gasteiger partial charge in [0.1, 0.15) is 11.5 Å². The topological polar surface area (TPSA) is 55.8 Å². The van der Waals surface area contributed by atoms with E-state index in [0.29, 0.717) is 17.9 Å². The van der Waals surface area contributed by atoms with Crippen molar-refractivity contribution in [3.8, 4) is 11.5 Å². The summed E-state index contributed by atoms with van der Waals surface area (Å²) in [6, 6.07) is 14.4. The van der Waals surface area contributed by atoms with E-state index in [4.69, 9.17) is 9.47 Å². The molecule has 0 N–H and O–H groups in total. The zero-order valence-electron chi connectivity index (χ0n) is 13.5. The maximum absolute atomic E-state index is 12.0. The Morgan fingerprint density at radius 2 is 1.92 bits per heavy atom. The van der Waals surface area contributed by atoms with Gasteiger partial charge < -0.3 is 14.4 Å². The fraction of sp³-hybridized carbons (Fsp3) is 0.263. The van der Waals surface area contributed by atoms with Crippen LogP contribution < -0.4 is 14.4 Å². The first-order chi connectivity index (χ1) is 11.7. The van der Waals surface area contributed by atoms with Crippen LogP contribution in [0, 0.1) is 0 Å². The van der Waals surface area contributed by atoms with Crippen LogP contribution in [0.5, 0.6) is 11.5 Å². The predicted octanol–water partition coefficient (Wildman–Crippen LogP) is 2.97. The highest BCUT2D eigenvalue weighted by atomic mass is 16.5. The summed E-state index contributed by atoms with van der Waals surface area (Å²) in [6.07, 6.45) is 1.65. The SMILES string of the molecule is COc1cccc(CC(=O)Oc2ccc(N3CCCC3=O)cc2)c1. The molecule has 1 aliphatic heterocycles. The molecule has 0 atom stereocenters. The summed E-state index contributed by atoms with van der Waals surface area (Å²) in [7, 11) is 1.59. The Balaban J connectivity index is 1.61. The number of rotatable bonds is 5. The van der Waals surface area contributed by atoms with E-state index in [2.05, 4.69) is 0 Å². The van der Waals surface area contributed by atoms with Gasteiger partial charge in [0.25, 0.3) is 0 Å². The van der Waals surface area contributed by atoms with Crippen molar-refractivity contribution in [2.24, 2.45) is 0 Å². The third-order valence-corrected chi connectivity index (χ3v) is 3.94. The fourth-order valence-corrected chi connectivity index (χ4v) is 2.73. The van der Waals surface area contributed by atoms with Gasteiger partial charge in [-0.05, 0) is 48.4 Å². The molecule has 1 aliphatic rings. The Hall–Kier alpha value is -2.82. The Labute approximate surface area is 140 Å². The van der Waals surface area contributed by atoms with Crippen LogP contribution in [-0.2, 0) is 16.0 Å². The van der Waals surface area contributed by atoms with E-state index in [1.54, 1.807) is 36.3 Å². The minimum atomic E-state index is -0.340. The van der Waals surface area contributed by atoms with Crippen molar-refractivity contribution in [3.05, 3.63) is 54.1 Å². The molecule has 24 heavy (non-hydrogen) atoms. The number of benzene rings is 2. The van der Waals surface area contributed by atoms with Gasteiger partial charge in [-0.2, -0.15) is 0 Å². The van der Waals surface area contributed by atoms with Crippen LogP contribution in [0.15, 0.2) is 48.5 Å². The van der Waals surface area contributed by atoms with Crippen molar-refractivity contribution < 1.29 is 19.1 Å². The third kappa shape index (κ3) is 3.74. The number of anilines is 1. The number of esters is 1. The van der Waals surface area contributed by atoms with E-state index in [1.165, 1.54) is 0 Å². The summed E-state index contributed by atoms with van der Waals surface area (Å²) in [5, 5.41) is 0. The smallest absolute Gasteiger partial charge is 0.315 e. The minimum absolute atomic E-state index is 0.137. The van der Waals surface area contributed by atoms with Gasteiger partial charge in [-0.15, -0.1) is 0 Å². The summed E-state index contributed by atoms with van der Waals surface area (Å²) >= 11 is 0. The van der Waals surface area contributed by atoms with E-state index >= 15 is 0 Å². The third-order valence-electron chi connectivity index (χ3n) is 3.94. The molecule has 0 bridgehead atoms. The molecule has 2 aromatic rings. The molecule has 0 aliphatic carbocycles. The second-order valence-corrected chi connectivity index (χ2v) is 5.65. The summed E-state index contributed by atoms with van der Waals surface area (Å²) in [5.41, 5.74) is 1.67. The fourth-order valence-electron chi connectivity index (χ4n) is 2.73. The number of nitrogens with zero attached hydrogens (tertiary/aromatic N) is 1. The number of hydrogen-bond donors (Lipinski definition) is 0. The standard InChI is InChI=1S/C19H19NO4/c1-23-17-5-2-4-14(12-17)13-19(22)24-16-9-7-15(8-10-16)20-11-3-6-18(20)21/h2,4-5,7-10,12H,3,6,11,13H2,1H3. The van der Waals surface area contributed by atoms with E-state index in [1.807, 2.05) is 24.3 Å². The summed E-state index contributed by atoms with van der Waals surface area (Å²) in [4.78, 5) is 25.5. The number of carbonyl (C=O) groups is 2. The first kappa shape index (κ1) is 16.1. The lowest BCUT2D eigenvalue weighted by molar-refractivity contribution is -0.133. The van der Waals surface area contributed by atoms with Crippen molar-refractivity contribution in [1.82, 2.24) is 0 Å². The first-order valence-corrected chi connectivity index (χ1v) is 7.90. The lowest BCUT2D eigenvalue weighted by atomic mass is 10.1. The van der Waals surface area contributed by atoms with Gasteiger partial charge in [0.05, 0.1) is 13.5 Å². The highest BCUT2D eigenvalue weighted by Gasteiger charge is 2.21. The normalized spacial score (nSPS) is 13.9. The number of hydrogen-bond acceptors (Lipinski definition) is 4. The first-order valence-electron chi connectivity index (χ1n) is 7.90. The molecular weight excluding hydrogens is 306 g/mol. The summed E-state index contributed by atoms with van der Waals surface area (Å²) in [5.74, 6) is 0.976. The average molecular weight is 325 g/mol. The van der Waals surface area contributed by atoms with Gasteiger partial charge in [0, 0.05) is 18.7 Å². The molecule has 0 radical (unpaired) electrons. The maximum atomic E-state index is 12.0. The van der Waals surface area contributed by atoms with Crippen molar-refractivity contribution in [3.63, 3.8) is 0 Å². The molecule has 3 rings (SSSR count). The van der Waals surface area contributed by atoms with Gasteiger partial charge in [-0.1, -0.05) is 12.1 Å². The number of carbonyl (C=O) groups excluding carboxylic acids is 2. The van der Waals surface area contributed by atoms with E-state index < -0.39 is 0 Å². The number of amides is 1. The number of ether oxygens (including phenoxy) is 2. The Bertz CT molecular complexity index is 739. The molecule has 1 fully saturated rings. The lowest BCUT2D eigenvalue weighted by Crippen LogP contribution is -2.23. The van der Waals surface area contributed by atoms with E-state index in [9.17, 15) is 9.59 Å². The maximum Gasteiger partial charge on any atom is 0.315 e. The molecule has 5 nitrogen and oxygen atoms in total. The largest absolute Gasteiger partial charge is 0.497 e. The van der Waals surface area contributed by atoms with Crippen molar-refractivity contribution in [1.29, 1.82) is 0 Å². The second-order valence-electron chi connectivity index (χ2n) is 5.65. The molecule has 0 unspecified atom stereocenters. The number of methoxy groups -OCH3 is 1. The lowest BCUT2D eigenvalue weighted by Gasteiger charge is -2.15. The zero-order chi connectivity index (χ0) is 16.9. The highest BCUT2D eigenvalue weighted by molar-refractivity contribution is 5.95. The molecule has 0 saturated carbocycles. The van der Waals surface area contributed by atoms with E-state index in [0.717, 1.165) is 24.2 Å². The Kier molecular flexibility index (Phi) is 4.79. The van der Waals surface area contributed by atoms with Gasteiger partial charge in [-0.25, -0.2) is 0 Å². The molecule has 1 saturated heterocycles. The van der Waals surface area contributed by atoms with Crippen LogP contribution in [0.25, 0.3) is 0 Å². The van der Waals surface area contributed by atoms with Crippen LogP contribution in [-0.4, -0.2) is 25.5 Å². The van der Waals surface area contributed by atoms with E-state index in [-0.39, 0.29) is 18.3 Å². The molecule has 0 aromatic heterocycles. The van der Waals surface area contributed by atoms with Crippen LogP contribution in [0.4, 0.5) is 5.69 Å². The Morgan fingerprint density at radius 1 is 1.12 bits per heavy atom. The van der Waals surface area contributed by atoms with Crippen molar-refractivity contribution in [2.75, 3.05) is 18.6 Å². The zero-order valence-corrected chi connectivity index (χ0v) is 13.5. The van der Waals surface area contributed by atoms with Crippen LogP contribution in [0.3, 0.4) is 0 Å². The van der Waals surface area contributed by atoms with Crippen molar-refractivity contribution >= 4 is 17.6 Å². The van der Waals surface area contributed by atoms with Gasteiger partial charge in [0.2, 0.25) is 5.91 Å². The average Bonchev–Trinajstić information content (AvgIpc) is 3.01. The monoisotopic (exact) mass is 325 g/mol. The Morgan fingerprint density at radius 3 is 2.58 bits per heavy atom. The molecule has 124 valence electrons. The molecule has 1 amide bonds. The van der Waals surface area contributed by atoms with Crippen LogP contribution >= 0.6 is 0 Å². The highest BCUT2D eigenvalue weighted by Crippen LogP contribution is 2.24. The van der Waals surface area contributed by atoms with Gasteiger partial charge >= 0.3 is 5.97 Å². The molecule has 1 heterocycles. The van der Waals surface area contributed by atoms with Gasteiger partial charge in [-0.3, -0.25) is 9.59 Å². The molecular formula is C19H19NO4. The summed E-state index contributed by atoms with van der Waals surface area (Å²) < 4.78 is 10.5. The van der Waals surface area contributed by atoms with Crippen LogP contribution in [0.1, 0.15) is 18.4 Å². The van der Waals surface area contributed by atoms with Crippen LogP contribution in [0.2, 0.25) is 0 Å². The second kappa shape index (κ2) is 7.17. The van der Waals surface area contributed by atoms with Gasteiger partial charge in [0.15, 0.2) is 0 Å². The minimum Gasteiger partial charge on any atom is -0.497 e. The molecule has 0 spiro atoms. The van der Waals surface area contributed by atoms with Crippen molar-refractivity contribution in [2.45, 2.75) is 19.3 Å². The summed E-state index contributed by atoms with van der Waals surface area (Å²) in [6.45, 7) is 0.744. The molecule has 2 aromatic carbocycles.